The van der Waals surface area contributed by atoms with Crippen molar-refractivity contribution >= 4 is 17.6 Å². The minimum Gasteiger partial charge on any atom is -0.493 e. The van der Waals surface area contributed by atoms with E-state index in [9.17, 15) is 9.59 Å². The Kier molecular flexibility index (Phi) is 7.47. The standard InChI is InChI=1S/C22H27NO6/c1-13(2)15-9-7-8-14(3)19(15)23-18(24)12-29-22(25)16-10-11-17(26-4)21(28-6)20(16)27-5/h7-11,13H,12H2,1-6H3,(H,23,24). The van der Waals surface area contributed by atoms with Crippen LogP contribution in [0.4, 0.5) is 5.69 Å². The Labute approximate surface area is 170 Å². The molecule has 7 heteroatoms. The zero-order chi connectivity index (χ0) is 21.6. The summed E-state index contributed by atoms with van der Waals surface area (Å²) in [6, 6.07) is 8.90. The molecule has 0 fully saturated rings. The van der Waals surface area contributed by atoms with Crippen molar-refractivity contribution in [1.29, 1.82) is 0 Å². The molecule has 0 spiro atoms. The molecule has 0 aromatic heterocycles. The van der Waals surface area contributed by atoms with Crippen LogP contribution in [-0.2, 0) is 9.53 Å². The van der Waals surface area contributed by atoms with Gasteiger partial charge in [-0.15, -0.1) is 0 Å². The van der Waals surface area contributed by atoms with E-state index < -0.39 is 18.5 Å². The molecule has 0 bridgehead atoms. The highest BCUT2D eigenvalue weighted by atomic mass is 16.5. The molecule has 1 amide bonds. The van der Waals surface area contributed by atoms with E-state index in [2.05, 4.69) is 5.32 Å². The maximum Gasteiger partial charge on any atom is 0.342 e. The zero-order valence-corrected chi connectivity index (χ0v) is 17.6. The van der Waals surface area contributed by atoms with E-state index in [0.29, 0.717) is 5.75 Å². The highest BCUT2D eigenvalue weighted by Gasteiger charge is 2.22. The predicted octanol–water partition coefficient (Wildman–Crippen LogP) is 3.94. The molecule has 2 aromatic carbocycles. The van der Waals surface area contributed by atoms with Crippen LogP contribution in [0.25, 0.3) is 0 Å². The van der Waals surface area contributed by atoms with Gasteiger partial charge < -0.3 is 24.3 Å². The van der Waals surface area contributed by atoms with Crippen molar-refractivity contribution in [1.82, 2.24) is 0 Å². The van der Waals surface area contributed by atoms with Crippen molar-refractivity contribution in [3.8, 4) is 17.2 Å². The lowest BCUT2D eigenvalue weighted by atomic mass is 9.98. The number of aryl methyl sites for hydroxylation is 1. The first-order valence-corrected chi connectivity index (χ1v) is 9.19. The number of ether oxygens (including phenoxy) is 4. The molecule has 7 nitrogen and oxygen atoms in total. The minimum atomic E-state index is -0.702. The van der Waals surface area contributed by atoms with Crippen LogP contribution < -0.4 is 19.5 Å². The molecule has 2 rings (SSSR count). The van der Waals surface area contributed by atoms with Gasteiger partial charge in [0.25, 0.3) is 5.91 Å². The van der Waals surface area contributed by atoms with E-state index in [0.717, 1.165) is 16.8 Å². The average molecular weight is 401 g/mol. The van der Waals surface area contributed by atoms with Gasteiger partial charge in [0.05, 0.1) is 21.3 Å². The second-order valence-electron chi connectivity index (χ2n) is 6.70. The van der Waals surface area contributed by atoms with Crippen molar-refractivity contribution in [3.05, 3.63) is 47.0 Å². The molecule has 0 saturated heterocycles. The lowest BCUT2D eigenvalue weighted by Crippen LogP contribution is -2.22. The average Bonchev–Trinajstić information content (AvgIpc) is 2.71. The fraction of sp³-hybridized carbons (Fsp3) is 0.364. The summed E-state index contributed by atoms with van der Waals surface area (Å²) < 4.78 is 20.9. The van der Waals surface area contributed by atoms with Crippen LogP contribution in [-0.4, -0.2) is 39.8 Å². The van der Waals surface area contributed by atoms with Gasteiger partial charge in [-0.05, 0) is 36.1 Å². The summed E-state index contributed by atoms with van der Waals surface area (Å²) in [5.74, 6) is -0.0161. The Morgan fingerprint density at radius 3 is 2.24 bits per heavy atom. The summed E-state index contributed by atoms with van der Waals surface area (Å²) in [5.41, 5.74) is 2.84. The first-order chi connectivity index (χ1) is 13.8. The van der Waals surface area contributed by atoms with Gasteiger partial charge >= 0.3 is 5.97 Å². The van der Waals surface area contributed by atoms with Gasteiger partial charge in [-0.1, -0.05) is 32.0 Å². The Bertz CT molecular complexity index is 891. The predicted molar refractivity (Wildman–Crippen MR) is 110 cm³/mol. The number of esters is 1. The Morgan fingerprint density at radius 2 is 1.66 bits per heavy atom. The molecule has 0 atom stereocenters. The molecule has 0 aliphatic carbocycles. The topological polar surface area (TPSA) is 83.1 Å². The van der Waals surface area contributed by atoms with Gasteiger partial charge in [0.2, 0.25) is 5.75 Å². The fourth-order valence-electron chi connectivity index (χ4n) is 2.99. The number of hydrogen-bond acceptors (Lipinski definition) is 6. The second kappa shape index (κ2) is 9.82. The summed E-state index contributed by atoms with van der Waals surface area (Å²) in [5, 5.41) is 2.84. The number of rotatable bonds is 8. The number of nitrogens with one attached hydrogen (secondary N) is 1. The van der Waals surface area contributed by atoms with Gasteiger partial charge in [-0.3, -0.25) is 4.79 Å². The summed E-state index contributed by atoms with van der Waals surface area (Å²) in [4.78, 5) is 24.9. The SMILES string of the molecule is COc1ccc(C(=O)OCC(=O)Nc2c(C)cccc2C(C)C)c(OC)c1OC. The van der Waals surface area contributed by atoms with Crippen molar-refractivity contribution in [2.24, 2.45) is 0 Å². The van der Waals surface area contributed by atoms with Crippen molar-refractivity contribution in [2.75, 3.05) is 33.3 Å². The summed E-state index contributed by atoms with van der Waals surface area (Å²) in [6.07, 6.45) is 0. The zero-order valence-electron chi connectivity index (χ0n) is 17.6. The van der Waals surface area contributed by atoms with E-state index in [1.54, 1.807) is 6.07 Å². The minimum absolute atomic E-state index is 0.136. The monoisotopic (exact) mass is 401 g/mol. The van der Waals surface area contributed by atoms with Gasteiger partial charge in [-0.25, -0.2) is 4.79 Å². The normalized spacial score (nSPS) is 10.4. The Morgan fingerprint density at radius 1 is 0.966 bits per heavy atom. The Balaban J connectivity index is 2.13. The van der Waals surface area contributed by atoms with Crippen LogP contribution >= 0.6 is 0 Å². The number of carbonyl (C=O) groups is 2. The van der Waals surface area contributed by atoms with Crippen molar-refractivity contribution in [2.45, 2.75) is 26.7 Å². The van der Waals surface area contributed by atoms with Crippen LogP contribution in [0.1, 0.15) is 41.3 Å². The van der Waals surface area contributed by atoms with E-state index in [1.165, 1.54) is 27.4 Å². The molecule has 29 heavy (non-hydrogen) atoms. The van der Waals surface area contributed by atoms with Gasteiger partial charge in [-0.2, -0.15) is 0 Å². The van der Waals surface area contributed by atoms with E-state index in [-0.39, 0.29) is 23.0 Å². The summed E-state index contributed by atoms with van der Waals surface area (Å²) in [6.45, 7) is 5.59. The van der Waals surface area contributed by atoms with Gasteiger partial charge in [0.15, 0.2) is 18.1 Å². The van der Waals surface area contributed by atoms with Crippen molar-refractivity contribution in [3.63, 3.8) is 0 Å². The lowest BCUT2D eigenvalue weighted by Gasteiger charge is -2.17. The van der Waals surface area contributed by atoms with Gasteiger partial charge in [0, 0.05) is 5.69 Å². The maximum atomic E-state index is 12.5. The number of amides is 1. The maximum absolute atomic E-state index is 12.5. The van der Waals surface area contributed by atoms with Crippen LogP contribution in [0.5, 0.6) is 17.2 Å². The number of carbonyl (C=O) groups excluding carboxylic acids is 2. The molecule has 1 N–H and O–H groups in total. The van der Waals surface area contributed by atoms with Crippen LogP contribution in [0.3, 0.4) is 0 Å². The third-order valence-corrected chi connectivity index (χ3v) is 4.45. The number of para-hydroxylation sites is 1. The van der Waals surface area contributed by atoms with Gasteiger partial charge in [0.1, 0.15) is 5.56 Å². The molecule has 156 valence electrons. The van der Waals surface area contributed by atoms with Crippen LogP contribution in [0, 0.1) is 6.92 Å². The first-order valence-electron chi connectivity index (χ1n) is 9.19. The van der Waals surface area contributed by atoms with Crippen LogP contribution in [0.2, 0.25) is 0 Å². The van der Waals surface area contributed by atoms with Crippen LogP contribution in [0.15, 0.2) is 30.3 Å². The quantitative estimate of drug-likeness (QED) is 0.675. The largest absolute Gasteiger partial charge is 0.493 e. The summed E-state index contributed by atoms with van der Waals surface area (Å²) >= 11 is 0. The number of hydrogen-bond donors (Lipinski definition) is 1. The molecular weight excluding hydrogens is 374 g/mol. The third kappa shape index (κ3) is 4.99. The highest BCUT2D eigenvalue weighted by Crippen LogP contribution is 2.40. The number of methoxy groups -OCH3 is 3. The van der Waals surface area contributed by atoms with Crippen molar-refractivity contribution < 1.29 is 28.5 Å². The second-order valence-corrected chi connectivity index (χ2v) is 6.70. The molecular formula is C22H27NO6. The molecule has 0 saturated carbocycles. The van der Waals surface area contributed by atoms with E-state index in [4.69, 9.17) is 18.9 Å². The Hall–Kier alpha value is -3.22. The molecule has 2 aromatic rings. The fourth-order valence-corrected chi connectivity index (χ4v) is 2.99. The molecule has 0 aliphatic heterocycles. The summed E-state index contributed by atoms with van der Waals surface area (Å²) in [7, 11) is 4.33. The lowest BCUT2D eigenvalue weighted by molar-refractivity contribution is -0.119. The third-order valence-electron chi connectivity index (χ3n) is 4.45. The van der Waals surface area contributed by atoms with E-state index in [1.807, 2.05) is 39.0 Å². The molecule has 0 heterocycles. The highest BCUT2D eigenvalue weighted by molar-refractivity contribution is 5.98. The first kappa shape index (κ1) is 22.1. The number of benzene rings is 2. The van der Waals surface area contributed by atoms with E-state index >= 15 is 0 Å². The molecule has 0 radical (unpaired) electrons. The number of anilines is 1. The smallest absolute Gasteiger partial charge is 0.342 e. The molecule has 0 aliphatic rings. The molecule has 0 unspecified atom stereocenters.